The quantitative estimate of drug-likeness (QED) is 0.570. The number of halogens is 6. The predicted octanol–water partition coefficient (Wildman–Crippen LogP) is 3.24. The Morgan fingerprint density at radius 2 is 1.43 bits per heavy atom. The molecule has 15 heteroatoms. The number of fused-ring (bicyclic) bond motifs is 1. The number of hydrogen-bond donors (Lipinski definition) is 2. The van der Waals surface area contributed by atoms with Crippen LogP contribution >= 0.6 is 0 Å². The number of rotatable bonds is 4. The summed E-state index contributed by atoms with van der Waals surface area (Å²) in [7, 11) is 1.99. The first kappa shape index (κ1) is 30.0. The number of carboxylic acid groups (broad SMARTS) is 2. The van der Waals surface area contributed by atoms with Crippen LogP contribution in [0.5, 0.6) is 0 Å². The van der Waals surface area contributed by atoms with E-state index in [0.29, 0.717) is 12.1 Å². The molecule has 2 aliphatic rings. The van der Waals surface area contributed by atoms with Gasteiger partial charge in [-0.15, -0.1) is 0 Å². The van der Waals surface area contributed by atoms with E-state index in [1.807, 2.05) is 17.9 Å². The number of likely N-dealkylation sites (tertiary alicyclic amines) is 2. The Morgan fingerprint density at radius 3 is 1.84 bits per heavy atom. The van der Waals surface area contributed by atoms with Gasteiger partial charge < -0.3 is 10.2 Å². The van der Waals surface area contributed by atoms with Crippen molar-refractivity contribution < 1.29 is 46.1 Å². The Balaban J connectivity index is 0.000000286. The molecular formula is C22H27F6N5O4. The Labute approximate surface area is 208 Å². The van der Waals surface area contributed by atoms with Crippen LogP contribution in [0, 0.1) is 6.92 Å². The molecule has 4 heterocycles. The molecule has 2 aromatic rings. The van der Waals surface area contributed by atoms with E-state index in [2.05, 4.69) is 51.2 Å². The fourth-order valence-electron chi connectivity index (χ4n) is 4.24. The molecule has 206 valence electrons. The van der Waals surface area contributed by atoms with Gasteiger partial charge in [0.15, 0.2) is 0 Å². The maximum absolute atomic E-state index is 10.6. The molecule has 0 aliphatic carbocycles. The van der Waals surface area contributed by atoms with Crippen molar-refractivity contribution in [3.63, 3.8) is 0 Å². The minimum Gasteiger partial charge on any atom is -0.475 e. The second-order valence-corrected chi connectivity index (χ2v) is 8.55. The summed E-state index contributed by atoms with van der Waals surface area (Å²) in [5.74, 6) is -5.51. The number of aliphatic carboxylic acids is 2. The van der Waals surface area contributed by atoms with E-state index in [1.54, 1.807) is 0 Å². The van der Waals surface area contributed by atoms with E-state index in [1.165, 1.54) is 37.2 Å². The van der Waals surface area contributed by atoms with Gasteiger partial charge >= 0.3 is 24.3 Å². The molecule has 0 unspecified atom stereocenters. The van der Waals surface area contributed by atoms with Crippen LogP contribution in [-0.4, -0.2) is 84.2 Å². The van der Waals surface area contributed by atoms with E-state index in [-0.39, 0.29) is 0 Å². The van der Waals surface area contributed by atoms with Crippen LogP contribution in [0.1, 0.15) is 29.8 Å². The summed E-state index contributed by atoms with van der Waals surface area (Å²) in [6.45, 7) is 6.48. The molecule has 0 radical (unpaired) electrons. The maximum atomic E-state index is 10.6. The van der Waals surface area contributed by atoms with E-state index in [4.69, 9.17) is 19.8 Å². The zero-order valence-corrected chi connectivity index (χ0v) is 20.0. The summed E-state index contributed by atoms with van der Waals surface area (Å²) < 4.78 is 65.4. The summed E-state index contributed by atoms with van der Waals surface area (Å²) in [6, 6.07) is 7.73. The number of hydrogen-bond acceptors (Lipinski definition) is 6. The largest absolute Gasteiger partial charge is 0.490 e. The zero-order chi connectivity index (χ0) is 28.0. The lowest BCUT2D eigenvalue weighted by Gasteiger charge is -2.25. The molecule has 0 amide bonds. The molecule has 37 heavy (non-hydrogen) atoms. The molecule has 4 rings (SSSR count). The van der Waals surface area contributed by atoms with Gasteiger partial charge in [0.05, 0.1) is 11.9 Å². The molecule has 2 N–H and O–H groups in total. The minimum absolute atomic E-state index is 0.689. The highest BCUT2D eigenvalue weighted by atomic mass is 19.4. The number of alkyl halides is 6. The summed E-state index contributed by atoms with van der Waals surface area (Å²) in [4.78, 5) is 27.7. The second-order valence-electron chi connectivity index (χ2n) is 8.55. The van der Waals surface area contributed by atoms with Gasteiger partial charge in [-0.3, -0.25) is 19.5 Å². The van der Waals surface area contributed by atoms with Crippen molar-refractivity contribution in [3.05, 3.63) is 47.5 Å². The van der Waals surface area contributed by atoms with Crippen LogP contribution in [0.15, 0.2) is 30.6 Å². The van der Waals surface area contributed by atoms with Crippen molar-refractivity contribution in [3.8, 4) is 0 Å². The molecule has 2 fully saturated rings. The topological polar surface area (TPSA) is 112 Å². The summed E-state index contributed by atoms with van der Waals surface area (Å²) >= 11 is 0. The zero-order valence-electron chi connectivity index (χ0n) is 20.0. The fraction of sp³-hybridized carbons (Fsp3) is 0.545. The van der Waals surface area contributed by atoms with Crippen molar-refractivity contribution in [2.24, 2.45) is 7.05 Å². The lowest BCUT2D eigenvalue weighted by molar-refractivity contribution is -0.193. The third-order valence-electron chi connectivity index (χ3n) is 5.75. The number of carboxylic acids is 2. The third-order valence-corrected chi connectivity index (χ3v) is 5.75. The molecule has 0 aromatic carbocycles. The summed E-state index contributed by atoms with van der Waals surface area (Å²) in [5, 5.41) is 18.5. The van der Waals surface area contributed by atoms with Gasteiger partial charge in [0.1, 0.15) is 0 Å². The molecule has 0 saturated carbocycles. The van der Waals surface area contributed by atoms with Gasteiger partial charge in [0.2, 0.25) is 0 Å². The molecule has 9 nitrogen and oxygen atoms in total. The highest BCUT2D eigenvalue weighted by Crippen LogP contribution is 2.33. The van der Waals surface area contributed by atoms with Crippen molar-refractivity contribution in [2.45, 2.75) is 57.3 Å². The number of aryl methyl sites for hydroxylation is 2. The lowest BCUT2D eigenvalue weighted by Crippen LogP contribution is -2.36. The molecular weight excluding hydrogens is 512 g/mol. The van der Waals surface area contributed by atoms with Gasteiger partial charge in [-0.25, -0.2) is 9.59 Å². The number of pyridine rings is 1. The van der Waals surface area contributed by atoms with E-state index in [0.717, 1.165) is 18.8 Å². The van der Waals surface area contributed by atoms with E-state index >= 15 is 0 Å². The van der Waals surface area contributed by atoms with Crippen molar-refractivity contribution in [1.29, 1.82) is 0 Å². The predicted molar refractivity (Wildman–Crippen MR) is 117 cm³/mol. The molecule has 0 spiro atoms. The number of carbonyl (C=O) groups is 2. The maximum Gasteiger partial charge on any atom is 0.490 e. The van der Waals surface area contributed by atoms with Crippen LogP contribution < -0.4 is 0 Å². The number of aromatic nitrogens is 3. The molecule has 2 saturated heterocycles. The van der Waals surface area contributed by atoms with Crippen LogP contribution in [0.25, 0.3) is 0 Å². The van der Waals surface area contributed by atoms with E-state index < -0.39 is 24.3 Å². The Morgan fingerprint density at radius 1 is 0.946 bits per heavy atom. The first-order valence-electron chi connectivity index (χ1n) is 11.1. The Hall–Kier alpha value is -3.20. The Kier molecular flexibility index (Phi) is 10.0. The molecule has 0 bridgehead atoms. The SMILES string of the molecule is Cc1cccc(CN2CC[C@H]3[C@H]2CCN3Cc2cnn(C)c2)n1.O=C(O)C(F)(F)F.O=C(O)C(F)(F)F. The van der Waals surface area contributed by atoms with Gasteiger partial charge in [-0.1, -0.05) is 6.07 Å². The second kappa shape index (κ2) is 12.4. The first-order chi connectivity index (χ1) is 17.1. The summed E-state index contributed by atoms with van der Waals surface area (Å²) in [6.07, 6.45) is -3.49. The van der Waals surface area contributed by atoms with Crippen molar-refractivity contribution in [1.82, 2.24) is 24.6 Å². The highest BCUT2D eigenvalue weighted by Gasteiger charge is 2.42. The fourth-order valence-corrected chi connectivity index (χ4v) is 4.24. The highest BCUT2D eigenvalue weighted by molar-refractivity contribution is 5.73. The van der Waals surface area contributed by atoms with Crippen molar-refractivity contribution in [2.75, 3.05) is 13.1 Å². The average molecular weight is 539 g/mol. The number of nitrogens with zero attached hydrogens (tertiary/aromatic N) is 5. The smallest absolute Gasteiger partial charge is 0.475 e. The minimum atomic E-state index is -5.08. The molecule has 2 atom stereocenters. The summed E-state index contributed by atoms with van der Waals surface area (Å²) in [5.41, 5.74) is 3.64. The molecule has 2 aromatic heterocycles. The Bertz CT molecular complexity index is 1030. The van der Waals surface area contributed by atoms with Crippen molar-refractivity contribution >= 4 is 11.9 Å². The van der Waals surface area contributed by atoms with E-state index in [9.17, 15) is 26.3 Å². The van der Waals surface area contributed by atoms with Gasteiger partial charge in [0, 0.05) is 62.8 Å². The standard InChI is InChI=1S/C18H25N5.2C2HF3O2/c1-14-4-3-5-16(20-14)13-23-9-7-17-18(23)6-8-22(17)12-15-10-19-21(2)11-15;2*3-2(4,5)1(6)7/h3-5,10-11,17-18H,6-9,12-13H2,1-2H3;2*(H,6,7)/t17-,18+;;/m0../s1. The van der Waals surface area contributed by atoms with Crippen LogP contribution in [-0.2, 0) is 29.7 Å². The van der Waals surface area contributed by atoms with Crippen LogP contribution in [0.2, 0.25) is 0 Å². The molecule has 2 aliphatic heterocycles. The van der Waals surface area contributed by atoms with Gasteiger partial charge in [-0.05, 0) is 31.9 Å². The normalized spacial score (nSPS) is 19.9. The third kappa shape index (κ3) is 9.31. The van der Waals surface area contributed by atoms with Crippen LogP contribution in [0.4, 0.5) is 26.3 Å². The first-order valence-corrected chi connectivity index (χ1v) is 11.1. The average Bonchev–Trinajstić information content (AvgIpc) is 3.47. The van der Waals surface area contributed by atoms with Gasteiger partial charge in [-0.2, -0.15) is 31.4 Å². The monoisotopic (exact) mass is 539 g/mol. The van der Waals surface area contributed by atoms with Gasteiger partial charge in [0.25, 0.3) is 0 Å². The van der Waals surface area contributed by atoms with Crippen LogP contribution in [0.3, 0.4) is 0 Å². The lowest BCUT2D eigenvalue weighted by atomic mass is 10.1.